The van der Waals surface area contributed by atoms with Gasteiger partial charge in [-0.2, -0.15) is 0 Å². The van der Waals surface area contributed by atoms with Crippen LogP contribution in [0.4, 0.5) is 5.13 Å². The van der Waals surface area contributed by atoms with Crippen molar-refractivity contribution in [1.82, 2.24) is 14.8 Å². The molecular weight excluding hydrogens is 232 g/mol. The lowest BCUT2D eigenvalue weighted by molar-refractivity contribution is 0.209. The number of nitrogens with two attached hydrogens (primary N) is 1. The Bertz CT molecular complexity index is 350. The molecule has 1 atom stereocenters. The van der Waals surface area contributed by atoms with Crippen LogP contribution in [0.3, 0.4) is 0 Å². The van der Waals surface area contributed by atoms with Crippen LogP contribution in [0.2, 0.25) is 0 Å². The van der Waals surface area contributed by atoms with Crippen molar-refractivity contribution < 1.29 is 0 Å². The van der Waals surface area contributed by atoms with Crippen molar-refractivity contribution >= 4 is 16.5 Å². The van der Waals surface area contributed by atoms with Gasteiger partial charge in [-0.15, -0.1) is 11.3 Å². The van der Waals surface area contributed by atoms with Gasteiger partial charge in [0.15, 0.2) is 5.13 Å². The van der Waals surface area contributed by atoms with Crippen LogP contribution in [0.25, 0.3) is 0 Å². The smallest absolute Gasteiger partial charge is 0.180 e. The van der Waals surface area contributed by atoms with E-state index in [1.807, 2.05) is 0 Å². The Morgan fingerprint density at radius 3 is 3.06 bits per heavy atom. The maximum atomic E-state index is 5.64. The maximum Gasteiger partial charge on any atom is 0.180 e. The Hall–Kier alpha value is -0.650. The van der Waals surface area contributed by atoms with E-state index in [0.29, 0.717) is 5.13 Å². The standard InChI is InChI=1S/C12H22N4S/c1-15(2)8-11-4-3-6-16(11)7-5-10-9-17-12(13)14-10/h9,11H,3-8H2,1-2H3,(H2,13,14). The van der Waals surface area contributed by atoms with Gasteiger partial charge in [-0.25, -0.2) is 4.98 Å². The number of anilines is 1. The summed E-state index contributed by atoms with van der Waals surface area (Å²) < 4.78 is 0. The topological polar surface area (TPSA) is 45.4 Å². The number of nitrogen functional groups attached to an aromatic ring is 1. The van der Waals surface area contributed by atoms with E-state index >= 15 is 0 Å². The van der Waals surface area contributed by atoms with Crippen LogP contribution in [0.5, 0.6) is 0 Å². The zero-order chi connectivity index (χ0) is 12.3. The molecule has 0 aliphatic carbocycles. The molecule has 4 nitrogen and oxygen atoms in total. The van der Waals surface area contributed by atoms with Crippen molar-refractivity contribution in [2.24, 2.45) is 0 Å². The number of hydrogen-bond acceptors (Lipinski definition) is 5. The molecule has 0 aromatic carbocycles. The van der Waals surface area contributed by atoms with Gasteiger partial charge in [0.1, 0.15) is 0 Å². The third-order valence-electron chi connectivity index (χ3n) is 3.30. The monoisotopic (exact) mass is 254 g/mol. The summed E-state index contributed by atoms with van der Waals surface area (Å²) in [6, 6.07) is 0.723. The molecule has 1 saturated heterocycles. The molecule has 1 aliphatic heterocycles. The highest BCUT2D eigenvalue weighted by Gasteiger charge is 2.24. The van der Waals surface area contributed by atoms with Gasteiger partial charge in [0, 0.05) is 30.9 Å². The Labute approximate surface area is 107 Å². The van der Waals surface area contributed by atoms with E-state index in [9.17, 15) is 0 Å². The zero-order valence-electron chi connectivity index (χ0n) is 10.7. The molecule has 1 unspecified atom stereocenters. The third-order valence-corrected chi connectivity index (χ3v) is 4.02. The van der Waals surface area contributed by atoms with Crippen molar-refractivity contribution in [3.8, 4) is 0 Å². The Morgan fingerprint density at radius 1 is 1.59 bits per heavy atom. The number of aromatic nitrogens is 1. The summed E-state index contributed by atoms with van der Waals surface area (Å²) in [5.74, 6) is 0. The van der Waals surface area contributed by atoms with Gasteiger partial charge in [0.05, 0.1) is 5.69 Å². The van der Waals surface area contributed by atoms with Gasteiger partial charge in [-0.1, -0.05) is 0 Å². The van der Waals surface area contributed by atoms with Gasteiger partial charge < -0.3 is 10.6 Å². The SMILES string of the molecule is CN(C)CC1CCCN1CCc1csc(N)n1. The highest BCUT2D eigenvalue weighted by atomic mass is 32.1. The van der Waals surface area contributed by atoms with E-state index in [-0.39, 0.29) is 0 Å². The summed E-state index contributed by atoms with van der Waals surface area (Å²) in [5, 5.41) is 2.76. The lowest BCUT2D eigenvalue weighted by atomic mass is 10.2. The normalized spacial score (nSPS) is 21.5. The molecule has 1 fully saturated rings. The summed E-state index contributed by atoms with van der Waals surface area (Å²) in [4.78, 5) is 9.19. The largest absolute Gasteiger partial charge is 0.375 e. The summed E-state index contributed by atoms with van der Waals surface area (Å²) in [5.41, 5.74) is 6.78. The van der Waals surface area contributed by atoms with E-state index in [1.54, 1.807) is 0 Å². The Balaban J connectivity index is 1.81. The summed E-state index contributed by atoms with van der Waals surface area (Å²) in [6.07, 6.45) is 3.69. The van der Waals surface area contributed by atoms with Crippen LogP contribution in [-0.4, -0.2) is 54.6 Å². The summed E-state index contributed by atoms with van der Waals surface area (Å²) in [6.45, 7) is 3.51. The van der Waals surface area contributed by atoms with Gasteiger partial charge in [0.25, 0.3) is 0 Å². The molecule has 0 saturated carbocycles. The van der Waals surface area contributed by atoms with Crippen molar-refractivity contribution in [2.45, 2.75) is 25.3 Å². The molecule has 2 heterocycles. The van der Waals surface area contributed by atoms with Crippen LogP contribution in [0.15, 0.2) is 5.38 Å². The first-order valence-electron chi connectivity index (χ1n) is 6.24. The van der Waals surface area contributed by atoms with Crippen LogP contribution in [0, 0.1) is 0 Å². The summed E-state index contributed by atoms with van der Waals surface area (Å²) >= 11 is 1.54. The van der Waals surface area contributed by atoms with E-state index in [4.69, 9.17) is 5.73 Å². The average molecular weight is 254 g/mol. The molecule has 5 heteroatoms. The number of nitrogens with zero attached hydrogens (tertiary/aromatic N) is 3. The zero-order valence-corrected chi connectivity index (χ0v) is 11.5. The van der Waals surface area contributed by atoms with E-state index in [1.165, 1.54) is 37.3 Å². The quantitative estimate of drug-likeness (QED) is 0.860. The van der Waals surface area contributed by atoms with Gasteiger partial charge in [0.2, 0.25) is 0 Å². The number of thiazole rings is 1. The Morgan fingerprint density at radius 2 is 2.41 bits per heavy atom. The van der Waals surface area contributed by atoms with Gasteiger partial charge in [-0.05, 0) is 33.5 Å². The lowest BCUT2D eigenvalue weighted by Crippen LogP contribution is -2.38. The molecule has 1 aromatic rings. The fourth-order valence-electron chi connectivity index (χ4n) is 2.51. The third kappa shape index (κ3) is 3.66. The molecule has 2 N–H and O–H groups in total. The molecule has 2 rings (SSSR count). The van der Waals surface area contributed by atoms with E-state index in [2.05, 4.69) is 34.3 Å². The van der Waals surface area contributed by atoms with Crippen LogP contribution >= 0.6 is 11.3 Å². The average Bonchev–Trinajstić information content (AvgIpc) is 2.84. The van der Waals surface area contributed by atoms with E-state index < -0.39 is 0 Å². The molecule has 0 bridgehead atoms. The van der Waals surface area contributed by atoms with Gasteiger partial charge >= 0.3 is 0 Å². The first-order valence-corrected chi connectivity index (χ1v) is 7.12. The van der Waals surface area contributed by atoms with E-state index in [0.717, 1.165) is 24.7 Å². The molecule has 96 valence electrons. The molecule has 0 radical (unpaired) electrons. The van der Waals surface area contributed by atoms with Crippen molar-refractivity contribution in [2.75, 3.05) is 39.5 Å². The van der Waals surface area contributed by atoms with Crippen molar-refractivity contribution in [3.05, 3.63) is 11.1 Å². The minimum Gasteiger partial charge on any atom is -0.375 e. The maximum absolute atomic E-state index is 5.64. The molecular formula is C12H22N4S. The number of rotatable bonds is 5. The van der Waals surface area contributed by atoms with Crippen molar-refractivity contribution in [3.63, 3.8) is 0 Å². The predicted molar refractivity (Wildman–Crippen MR) is 73.4 cm³/mol. The Kier molecular flexibility index (Phi) is 4.36. The highest BCUT2D eigenvalue weighted by Crippen LogP contribution is 2.19. The number of hydrogen-bond donors (Lipinski definition) is 1. The van der Waals surface area contributed by atoms with Crippen LogP contribution < -0.4 is 5.73 Å². The predicted octanol–water partition coefficient (Wildman–Crippen LogP) is 1.29. The fourth-order valence-corrected chi connectivity index (χ4v) is 3.11. The highest BCUT2D eigenvalue weighted by molar-refractivity contribution is 7.13. The minimum absolute atomic E-state index is 0.686. The number of likely N-dealkylation sites (N-methyl/N-ethyl adjacent to an activating group) is 1. The first-order chi connectivity index (χ1) is 8.15. The molecule has 1 aromatic heterocycles. The second-order valence-electron chi connectivity index (χ2n) is 5.02. The van der Waals surface area contributed by atoms with Crippen LogP contribution in [-0.2, 0) is 6.42 Å². The fraction of sp³-hybridized carbons (Fsp3) is 0.750. The second kappa shape index (κ2) is 5.80. The number of likely N-dealkylation sites (tertiary alicyclic amines) is 1. The van der Waals surface area contributed by atoms with Crippen LogP contribution in [0.1, 0.15) is 18.5 Å². The lowest BCUT2D eigenvalue weighted by Gasteiger charge is -2.26. The minimum atomic E-state index is 0.686. The van der Waals surface area contributed by atoms with Crippen molar-refractivity contribution in [1.29, 1.82) is 0 Å². The first kappa shape index (κ1) is 12.8. The molecule has 0 spiro atoms. The van der Waals surface area contributed by atoms with Gasteiger partial charge in [-0.3, -0.25) is 4.90 Å². The second-order valence-corrected chi connectivity index (χ2v) is 5.91. The molecule has 17 heavy (non-hydrogen) atoms. The molecule has 0 amide bonds. The summed E-state index contributed by atoms with van der Waals surface area (Å²) in [7, 11) is 4.30. The molecule has 1 aliphatic rings.